The van der Waals surface area contributed by atoms with Crippen LogP contribution in [0.1, 0.15) is 25.8 Å². The quantitative estimate of drug-likeness (QED) is 0.814. The monoisotopic (exact) mass is 328 g/mol. The van der Waals surface area contributed by atoms with Crippen molar-refractivity contribution in [3.8, 4) is 0 Å². The zero-order valence-corrected chi connectivity index (χ0v) is 14.3. The average Bonchev–Trinajstić information content (AvgIpc) is 2.48. The summed E-state index contributed by atoms with van der Waals surface area (Å²) in [5.74, 6) is 1.75. The van der Waals surface area contributed by atoms with Crippen molar-refractivity contribution in [3.05, 3.63) is 29.8 Å². The molecule has 1 atom stereocenters. The third-order valence-corrected chi connectivity index (χ3v) is 6.91. The van der Waals surface area contributed by atoms with Crippen molar-refractivity contribution in [2.75, 3.05) is 24.6 Å². The molecule has 21 heavy (non-hydrogen) atoms. The van der Waals surface area contributed by atoms with E-state index in [4.69, 9.17) is 0 Å². The molecule has 6 heteroatoms. The van der Waals surface area contributed by atoms with Crippen LogP contribution in [0.2, 0.25) is 0 Å². The molecule has 0 saturated carbocycles. The van der Waals surface area contributed by atoms with E-state index in [9.17, 15) is 8.42 Å². The Hall–Kier alpha value is -0.560. The summed E-state index contributed by atoms with van der Waals surface area (Å²) >= 11 is 1.82. The predicted octanol–water partition coefficient (Wildman–Crippen LogP) is 2.31. The van der Waals surface area contributed by atoms with Gasteiger partial charge in [-0.2, -0.15) is 16.1 Å². The lowest BCUT2D eigenvalue weighted by atomic mass is 10.2. The summed E-state index contributed by atoms with van der Waals surface area (Å²) in [7, 11) is -3.40. The molecule has 0 amide bonds. The van der Waals surface area contributed by atoms with Crippen LogP contribution in [0, 0.1) is 0 Å². The van der Waals surface area contributed by atoms with Gasteiger partial charge in [0.05, 0.1) is 4.90 Å². The molecular weight excluding hydrogens is 304 g/mol. The van der Waals surface area contributed by atoms with Crippen molar-refractivity contribution in [1.29, 1.82) is 0 Å². The first-order valence-electron chi connectivity index (χ1n) is 7.45. The van der Waals surface area contributed by atoms with Gasteiger partial charge in [-0.25, -0.2) is 8.42 Å². The Morgan fingerprint density at radius 2 is 2.14 bits per heavy atom. The molecule has 2 rings (SSSR count). The molecule has 1 aliphatic rings. The van der Waals surface area contributed by atoms with E-state index in [1.165, 1.54) is 0 Å². The summed E-state index contributed by atoms with van der Waals surface area (Å²) in [6.45, 7) is 6.18. The standard InChI is InChI=1S/C15H24N2O2S2/c1-3-8-16-11-14-6-4-5-7-15(14)21(18,19)17-9-10-20-12-13(17)2/h4-7,13,16H,3,8-12H2,1-2H3. The van der Waals surface area contributed by atoms with Gasteiger partial charge >= 0.3 is 0 Å². The molecule has 1 fully saturated rings. The van der Waals surface area contributed by atoms with Crippen LogP contribution in [0.5, 0.6) is 0 Å². The Balaban J connectivity index is 2.26. The minimum Gasteiger partial charge on any atom is -0.313 e. The zero-order chi connectivity index (χ0) is 15.3. The number of benzene rings is 1. The maximum absolute atomic E-state index is 12.9. The fourth-order valence-corrected chi connectivity index (χ4v) is 5.57. The number of nitrogens with one attached hydrogen (secondary N) is 1. The van der Waals surface area contributed by atoms with Gasteiger partial charge < -0.3 is 5.32 Å². The van der Waals surface area contributed by atoms with Gasteiger partial charge in [-0.3, -0.25) is 0 Å². The molecule has 1 aromatic carbocycles. The van der Waals surface area contributed by atoms with Crippen LogP contribution in [0.3, 0.4) is 0 Å². The topological polar surface area (TPSA) is 49.4 Å². The van der Waals surface area contributed by atoms with Gasteiger partial charge in [0.1, 0.15) is 0 Å². The molecule has 4 nitrogen and oxygen atoms in total. The first-order valence-corrected chi connectivity index (χ1v) is 10.0. The summed E-state index contributed by atoms with van der Waals surface area (Å²) in [4.78, 5) is 0.451. The van der Waals surface area contributed by atoms with E-state index in [0.717, 1.165) is 30.0 Å². The van der Waals surface area contributed by atoms with Gasteiger partial charge in [0.25, 0.3) is 0 Å². The third-order valence-electron chi connectivity index (χ3n) is 3.61. The number of sulfonamides is 1. The number of hydrogen-bond acceptors (Lipinski definition) is 4. The molecule has 1 heterocycles. The van der Waals surface area contributed by atoms with Crippen molar-refractivity contribution in [1.82, 2.24) is 9.62 Å². The minimum atomic E-state index is -3.40. The van der Waals surface area contributed by atoms with Crippen LogP contribution in [0.15, 0.2) is 29.2 Å². The van der Waals surface area contributed by atoms with Crippen LogP contribution in [-0.4, -0.2) is 43.4 Å². The summed E-state index contributed by atoms with van der Waals surface area (Å²) < 4.78 is 27.5. The van der Waals surface area contributed by atoms with Gasteiger partial charge in [-0.05, 0) is 31.5 Å². The van der Waals surface area contributed by atoms with E-state index in [-0.39, 0.29) is 6.04 Å². The van der Waals surface area contributed by atoms with Crippen molar-refractivity contribution >= 4 is 21.8 Å². The second-order valence-corrected chi connectivity index (χ2v) is 8.33. The Labute approximate surface area is 132 Å². The first kappa shape index (κ1) is 16.8. The van der Waals surface area contributed by atoms with Crippen molar-refractivity contribution in [2.45, 2.75) is 37.8 Å². The normalized spacial score (nSPS) is 20.6. The largest absolute Gasteiger partial charge is 0.313 e. The SMILES string of the molecule is CCCNCc1ccccc1S(=O)(=O)N1CCSCC1C. The van der Waals surface area contributed by atoms with E-state index in [0.29, 0.717) is 18.0 Å². The molecule has 0 radical (unpaired) electrons. The summed E-state index contributed by atoms with van der Waals surface area (Å²) in [6, 6.07) is 7.40. The van der Waals surface area contributed by atoms with Gasteiger partial charge in [0.2, 0.25) is 10.0 Å². The highest BCUT2D eigenvalue weighted by atomic mass is 32.2. The maximum atomic E-state index is 12.9. The van der Waals surface area contributed by atoms with Gasteiger partial charge in [-0.1, -0.05) is 25.1 Å². The van der Waals surface area contributed by atoms with Gasteiger partial charge in [-0.15, -0.1) is 0 Å². The summed E-state index contributed by atoms with van der Waals surface area (Å²) in [6.07, 6.45) is 1.04. The van der Waals surface area contributed by atoms with E-state index >= 15 is 0 Å². The summed E-state index contributed by atoms with van der Waals surface area (Å²) in [5.41, 5.74) is 0.858. The molecule has 0 bridgehead atoms. The van der Waals surface area contributed by atoms with Crippen molar-refractivity contribution < 1.29 is 8.42 Å². The average molecular weight is 329 g/mol. The van der Waals surface area contributed by atoms with E-state index in [1.54, 1.807) is 16.4 Å². The van der Waals surface area contributed by atoms with Crippen LogP contribution in [0.25, 0.3) is 0 Å². The smallest absolute Gasteiger partial charge is 0.243 e. The lowest BCUT2D eigenvalue weighted by molar-refractivity contribution is 0.367. The Kier molecular flexibility index (Phi) is 6.10. The molecule has 1 aromatic rings. The second kappa shape index (κ2) is 7.63. The number of nitrogens with zero attached hydrogens (tertiary/aromatic N) is 1. The Bertz CT molecular complexity index is 561. The molecule has 1 saturated heterocycles. The van der Waals surface area contributed by atoms with E-state index < -0.39 is 10.0 Å². The zero-order valence-electron chi connectivity index (χ0n) is 12.7. The fraction of sp³-hybridized carbons (Fsp3) is 0.600. The first-order chi connectivity index (χ1) is 10.1. The lowest BCUT2D eigenvalue weighted by Gasteiger charge is -2.32. The van der Waals surface area contributed by atoms with Crippen LogP contribution < -0.4 is 5.32 Å². The maximum Gasteiger partial charge on any atom is 0.243 e. The van der Waals surface area contributed by atoms with Gasteiger partial charge in [0, 0.05) is 30.6 Å². The molecule has 1 unspecified atom stereocenters. The third kappa shape index (κ3) is 4.00. The molecule has 0 aliphatic carbocycles. The highest BCUT2D eigenvalue weighted by molar-refractivity contribution is 7.99. The second-order valence-electron chi connectivity index (χ2n) is 5.32. The lowest BCUT2D eigenvalue weighted by Crippen LogP contribution is -2.44. The van der Waals surface area contributed by atoms with Gasteiger partial charge in [0.15, 0.2) is 0 Å². The highest BCUT2D eigenvalue weighted by Crippen LogP contribution is 2.26. The van der Waals surface area contributed by atoms with Crippen LogP contribution in [-0.2, 0) is 16.6 Å². The van der Waals surface area contributed by atoms with Crippen molar-refractivity contribution in [3.63, 3.8) is 0 Å². The molecule has 0 aromatic heterocycles. The fourth-order valence-electron chi connectivity index (χ4n) is 2.50. The minimum absolute atomic E-state index is 0.0606. The van der Waals surface area contributed by atoms with E-state index in [1.807, 2.05) is 30.8 Å². The Morgan fingerprint density at radius 1 is 1.38 bits per heavy atom. The molecule has 0 spiro atoms. The highest BCUT2D eigenvalue weighted by Gasteiger charge is 2.32. The van der Waals surface area contributed by atoms with E-state index in [2.05, 4.69) is 12.2 Å². The number of hydrogen-bond donors (Lipinski definition) is 1. The van der Waals surface area contributed by atoms with Crippen LogP contribution in [0.4, 0.5) is 0 Å². The Morgan fingerprint density at radius 3 is 2.86 bits per heavy atom. The molecule has 118 valence electrons. The number of rotatable bonds is 6. The number of thioether (sulfide) groups is 1. The summed E-state index contributed by atoms with van der Waals surface area (Å²) in [5, 5.41) is 3.29. The molecular formula is C15H24N2O2S2. The molecule has 1 aliphatic heterocycles. The van der Waals surface area contributed by atoms with Crippen LogP contribution >= 0.6 is 11.8 Å². The van der Waals surface area contributed by atoms with Crippen molar-refractivity contribution in [2.24, 2.45) is 0 Å². The predicted molar refractivity (Wildman–Crippen MR) is 89.1 cm³/mol. The molecule has 1 N–H and O–H groups in total.